The molecule has 0 spiro atoms. The normalized spacial score (nSPS) is 8.72. The summed E-state index contributed by atoms with van der Waals surface area (Å²) in [5.41, 5.74) is 6.62. The zero-order valence-corrected chi connectivity index (χ0v) is 10.6. The highest BCUT2D eigenvalue weighted by molar-refractivity contribution is 5.93. The van der Waals surface area contributed by atoms with E-state index in [1.807, 2.05) is 0 Å². The van der Waals surface area contributed by atoms with Gasteiger partial charge in [-0.1, -0.05) is 36.4 Å². The number of rotatable bonds is 3. The minimum absolute atomic E-state index is 0. The molecule has 2 aromatic carbocycles. The Morgan fingerprint density at radius 3 is 2.44 bits per heavy atom. The van der Waals surface area contributed by atoms with Gasteiger partial charge in [0, 0.05) is 29.5 Å². The lowest BCUT2D eigenvalue weighted by atomic mass is 10.1. The smallest absolute Gasteiger partial charge is 0.0420 e. The molecular formula is C12H16ClN3O2. The van der Waals surface area contributed by atoms with Gasteiger partial charge in [-0.25, -0.2) is 0 Å². The van der Waals surface area contributed by atoms with Crippen molar-refractivity contribution in [2.24, 2.45) is 5.73 Å². The fraction of sp³-hybridized carbons (Fsp3) is 0.167. The van der Waals surface area contributed by atoms with E-state index in [2.05, 4.69) is 47.8 Å². The highest BCUT2D eigenvalue weighted by atomic mass is 35.5. The minimum atomic E-state index is 0. The van der Waals surface area contributed by atoms with E-state index in [0.29, 0.717) is 6.54 Å². The van der Waals surface area contributed by atoms with Gasteiger partial charge in [0.2, 0.25) is 0 Å². The molecule has 0 atom stereocenters. The molecule has 18 heavy (non-hydrogen) atoms. The highest BCUT2D eigenvalue weighted by Crippen LogP contribution is 2.22. The topological polar surface area (TPSA) is 92.2 Å². The Labute approximate surface area is 111 Å². The molecule has 98 valence electrons. The lowest BCUT2D eigenvalue weighted by molar-refractivity contribution is -0.398. The summed E-state index contributed by atoms with van der Waals surface area (Å²) in [5, 5.41) is 14.2. The molecule has 0 heterocycles. The number of nitrogens with one attached hydrogen (secondary N) is 2. The van der Waals surface area contributed by atoms with Crippen LogP contribution in [0.1, 0.15) is 0 Å². The second-order valence-corrected chi connectivity index (χ2v) is 3.33. The first-order valence-corrected chi connectivity index (χ1v) is 5.24. The summed E-state index contributed by atoms with van der Waals surface area (Å²) in [4.78, 5) is 8.12. The minimum Gasteiger partial charge on any atom is -0.383 e. The standard InChI is InChI=1S/C12H14N2.ClH.HNO2/c13-8-9-14-12-7-3-5-10-4-1-2-6-11(10)12;;2-1-3/h1-7,14H,8-9,13H2;1H;1H. The summed E-state index contributed by atoms with van der Waals surface area (Å²) >= 11 is 0. The van der Waals surface area contributed by atoms with E-state index < -0.39 is 0 Å². The largest absolute Gasteiger partial charge is 0.383 e. The molecule has 0 aliphatic carbocycles. The van der Waals surface area contributed by atoms with Crippen molar-refractivity contribution in [2.45, 2.75) is 0 Å². The van der Waals surface area contributed by atoms with Crippen molar-refractivity contribution < 1.29 is 5.34 Å². The Morgan fingerprint density at radius 2 is 1.78 bits per heavy atom. The van der Waals surface area contributed by atoms with Crippen molar-refractivity contribution in [2.75, 3.05) is 18.4 Å². The van der Waals surface area contributed by atoms with Gasteiger partial charge >= 0.3 is 0 Å². The van der Waals surface area contributed by atoms with Gasteiger partial charge in [0.1, 0.15) is 0 Å². The molecular weight excluding hydrogens is 254 g/mol. The molecule has 0 aliphatic rings. The summed E-state index contributed by atoms with van der Waals surface area (Å²) in [7, 11) is 0. The summed E-state index contributed by atoms with van der Waals surface area (Å²) in [5.74, 6) is 0. The molecule has 0 aliphatic heterocycles. The molecule has 0 amide bonds. The fourth-order valence-electron chi connectivity index (χ4n) is 1.59. The van der Waals surface area contributed by atoms with Crippen LogP contribution < -0.4 is 16.4 Å². The number of fused-ring (bicyclic) bond motifs is 1. The van der Waals surface area contributed by atoms with Crippen LogP contribution in [-0.4, -0.2) is 13.1 Å². The number of anilines is 1. The highest BCUT2D eigenvalue weighted by Gasteiger charge is 1.97. The Balaban J connectivity index is 0.000000660. The number of nitrogens with two attached hydrogens (primary N) is 1. The van der Waals surface area contributed by atoms with Gasteiger partial charge in [0.05, 0.1) is 0 Å². The van der Waals surface area contributed by atoms with Crippen LogP contribution in [0.15, 0.2) is 42.5 Å². The van der Waals surface area contributed by atoms with Gasteiger partial charge < -0.3 is 11.1 Å². The summed E-state index contributed by atoms with van der Waals surface area (Å²) in [6, 6.07) is 14.6. The summed E-state index contributed by atoms with van der Waals surface area (Å²) < 4.78 is 0. The van der Waals surface area contributed by atoms with Crippen LogP contribution in [0.5, 0.6) is 0 Å². The van der Waals surface area contributed by atoms with Crippen LogP contribution in [0.4, 0.5) is 5.69 Å². The predicted molar refractivity (Wildman–Crippen MR) is 76.4 cm³/mol. The van der Waals surface area contributed by atoms with E-state index in [4.69, 9.17) is 15.8 Å². The maximum atomic E-state index is 8.12. The first kappa shape index (κ1) is 16.1. The molecule has 0 fully saturated rings. The molecule has 0 saturated carbocycles. The molecule has 0 bridgehead atoms. The maximum Gasteiger partial charge on any atom is 0.0420 e. The van der Waals surface area contributed by atoms with Crippen molar-refractivity contribution >= 4 is 28.9 Å². The molecule has 2 rings (SSSR count). The monoisotopic (exact) mass is 269 g/mol. The second-order valence-electron chi connectivity index (χ2n) is 3.33. The number of halogens is 1. The molecule has 2 aromatic rings. The third-order valence-corrected chi connectivity index (χ3v) is 2.25. The van der Waals surface area contributed by atoms with E-state index in [0.717, 1.165) is 12.2 Å². The van der Waals surface area contributed by atoms with Gasteiger partial charge in [-0.05, 0) is 11.5 Å². The van der Waals surface area contributed by atoms with Crippen molar-refractivity contribution in [3.05, 3.63) is 52.6 Å². The fourth-order valence-corrected chi connectivity index (χ4v) is 1.59. The lowest BCUT2D eigenvalue weighted by Gasteiger charge is -2.08. The molecule has 4 N–H and O–H groups in total. The van der Waals surface area contributed by atoms with Crippen molar-refractivity contribution in [1.29, 1.82) is 0 Å². The Kier molecular flexibility index (Phi) is 8.26. The molecule has 0 unspecified atom stereocenters. The van der Waals surface area contributed by atoms with Crippen molar-refractivity contribution in [1.82, 2.24) is 0 Å². The Morgan fingerprint density at radius 1 is 1.17 bits per heavy atom. The first-order chi connectivity index (χ1) is 8.33. The van der Waals surface area contributed by atoms with Crippen LogP contribution >= 0.6 is 12.4 Å². The Bertz CT molecular complexity index is 474. The quantitative estimate of drug-likeness (QED) is 0.572. The predicted octanol–water partition coefficient (Wildman–Crippen LogP) is 0.963. The molecule has 0 radical (unpaired) electrons. The van der Waals surface area contributed by atoms with Crippen LogP contribution in [0.3, 0.4) is 0 Å². The van der Waals surface area contributed by atoms with Crippen LogP contribution in [0.25, 0.3) is 10.8 Å². The van der Waals surface area contributed by atoms with Gasteiger partial charge in [-0.15, -0.1) is 12.4 Å². The SMILES string of the molecule is Cl.NCCNc1cccc2ccccc12.O=[NH+][O-]. The van der Waals surface area contributed by atoms with Crippen molar-refractivity contribution in [3.63, 3.8) is 0 Å². The number of hydrogen-bond acceptors (Lipinski definition) is 4. The third-order valence-electron chi connectivity index (χ3n) is 2.25. The average molecular weight is 270 g/mol. The molecule has 5 nitrogen and oxygen atoms in total. The zero-order valence-electron chi connectivity index (χ0n) is 9.76. The van der Waals surface area contributed by atoms with Gasteiger partial charge in [0.25, 0.3) is 0 Å². The number of benzene rings is 2. The van der Waals surface area contributed by atoms with Crippen LogP contribution in [0, 0.1) is 10.1 Å². The first-order valence-electron chi connectivity index (χ1n) is 5.24. The van der Waals surface area contributed by atoms with Gasteiger partial charge in [-0.3, -0.25) is 10.1 Å². The van der Waals surface area contributed by atoms with Crippen LogP contribution in [-0.2, 0) is 0 Å². The lowest BCUT2D eigenvalue weighted by Crippen LogP contribution is -2.53. The van der Waals surface area contributed by atoms with E-state index in [-0.39, 0.29) is 17.7 Å². The zero-order chi connectivity index (χ0) is 12.5. The van der Waals surface area contributed by atoms with E-state index in [1.165, 1.54) is 10.8 Å². The van der Waals surface area contributed by atoms with Gasteiger partial charge in [0.15, 0.2) is 0 Å². The summed E-state index contributed by atoms with van der Waals surface area (Å²) in [6.45, 7) is 1.47. The van der Waals surface area contributed by atoms with Crippen LogP contribution in [0.2, 0.25) is 0 Å². The van der Waals surface area contributed by atoms with E-state index in [1.54, 1.807) is 0 Å². The maximum absolute atomic E-state index is 8.12. The second kappa shape index (κ2) is 9.21. The average Bonchev–Trinajstić information content (AvgIpc) is 2.37. The molecule has 6 heteroatoms. The molecule has 0 aromatic heterocycles. The van der Waals surface area contributed by atoms with Gasteiger partial charge in [-0.2, -0.15) is 0 Å². The molecule has 0 saturated heterocycles. The van der Waals surface area contributed by atoms with Crippen molar-refractivity contribution in [3.8, 4) is 0 Å². The van der Waals surface area contributed by atoms with E-state index >= 15 is 0 Å². The number of hydrogen-bond donors (Lipinski definition) is 3. The third kappa shape index (κ3) is 4.57. The summed E-state index contributed by atoms with van der Waals surface area (Å²) in [6.07, 6.45) is 0. The Hall–Kier alpha value is -1.85. The van der Waals surface area contributed by atoms with E-state index in [9.17, 15) is 0 Å².